The zero-order valence-corrected chi connectivity index (χ0v) is 22.6. The smallest absolute Gasteiger partial charge is 0.254 e. The van der Waals surface area contributed by atoms with Crippen LogP contribution in [0.2, 0.25) is 0 Å². The lowest BCUT2D eigenvalue weighted by molar-refractivity contribution is 0.0721. The van der Waals surface area contributed by atoms with Crippen molar-refractivity contribution < 1.29 is 4.79 Å². The molecule has 7 heteroatoms. The molecule has 2 aliphatic carbocycles. The van der Waals surface area contributed by atoms with Gasteiger partial charge < -0.3 is 14.9 Å². The normalized spacial score (nSPS) is 24.4. The molecule has 0 atom stereocenters. The third-order valence-corrected chi connectivity index (χ3v) is 9.51. The summed E-state index contributed by atoms with van der Waals surface area (Å²) in [5.41, 5.74) is 2.54. The summed E-state index contributed by atoms with van der Waals surface area (Å²) in [6.45, 7) is 4.24. The maximum Gasteiger partial charge on any atom is 0.254 e. The van der Waals surface area contributed by atoms with Crippen LogP contribution >= 0.6 is 0 Å². The Hall–Kier alpha value is -2.93. The third kappa shape index (κ3) is 6.04. The van der Waals surface area contributed by atoms with E-state index in [0.29, 0.717) is 24.1 Å². The van der Waals surface area contributed by atoms with E-state index < -0.39 is 0 Å². The minimum atomic E-state index is -0.0150. The van der Waals surface area contributed by atoms with Gasteiger partial charge in [-0.2, -0.15) is 0 Å². The van der Waals surface area contributed by atoms with Gasteiger partial charge >= 0.3 is 0 Å². The molecule has 3 heterocycles. The number of amides is 1. The van der Waals surface area contributed by atoms with Gasteiger partial charge in [0.15, 0.2) is 0 Å². The van der Waals surface area contributed by atoms with Crippen molar-refractivity contribution in [2.24, 2.45) is 17.3 Å². The summed E-state index contributed by atoms with van der Waals surface area (Å²) in [6, 6.07) is 8.23. The van der Waals surface area contributed by atoms with E-state index in [1.807, 2.05) is 12.1 Å². The van der Waals surface area contributed by atoms with E-state index in [1.165, 1.54) is 82.9 Å². The second-order valence-electron chi connectivity index (χ2n) is 12.2. The van der Waals surface area contributed by atoms with Crippen LogP contribution in [-0.2, 0) is 19.6 Å². The molecule has 202 valence electrons. The number of carbonyl (C=O) groups excluding carboxylic acids is 1. The molecule has 1 aliphatic heterocycles. The van der Waals surface area contributed by atoms with E-state index in [-0.39, 0.29) is 5.91 Å². The molecule has 38 heavy (non-hydrogen) atoms. The third-order valence-electron chi connectivity index (χ3n) is 9.51. The molecule has 1 amide bonds. The molecule has 0 unspecified atom stereocenters. The first-order valence-corrected chi connectivity index (χ1v) is 14.7. The van der Waals surface area contributed by atoms with Gasteiger partial charge in [-0.15, -0.1) is 0 Å². The maximum absolute atomic E-state index is 13.4. The average molecular weight is 515 g/mol. The van der Waals surface area contributed by atoms with Crippen LogP contribution in [0.3, 0.4) is 0 Å². The van der Waals surface area contributed by atoms with Crippen molar-refractivity contribution >= 4 is 5.91 Å². The molecule has 2 aromatic heterocycles. The first kappa shape index (κ1) is 25.4. The Bertz CT molecular complexity index is 1110. The van der Waals surface area contributed by atoms with E-state index in [0.717, 1.165) is 30.0 Å². The number of hydrogen-bond donors (Lipinski definition) is 2. The topological polar surface area (TPSA) is 80.9 Å². The van der Waals surface area contributed by atoms with Crippen LogP contribution < -0.4 is 0 Å². The zero-order valence-electron chi connectivity index (χ0n) is 22.6. The van der Waals surface area contributed by atoms with Crippen LogP contribution in [0.4, 0.5) is 0 Å². The van der Waals surface area contributed by atoms with Crippen LogP contribution in [0.5, 0.6) is 0 Å². The van der Waals surface area contributed by atoms with Crippen LogP contribution in [-0.4, -0.2) is 48.7 Å². The zero-order chi connectivity index (χ0) is 25.8. The molecule has 2 N–H and O–H groups in total. The van der Waals surface area contributed by atoms with Crippen molar-refractivity contribution in [1.82, 2.24) is 29.7 Å². The van der Waals surface area contributed by atoms with Gasteiger partial charge in [-0.05, 0) is 80.0 Å². The summed E-state index contributed by atoms with van der Waals surface area (Å²) in [6.07, 6.45) is 21.5. The van der Waals surface area contributed by atoms with Crippen molar-refractivity contribution in [3.05, 3.63) is 71.8 Å². The standard InChI is InChI=1S/C31H42N6O/c38-30(37(21-28-32-14-15-33-28)22-29-34-16-17-35-29)27-7-5-26(6-8-27)20-36-18-13-31(23-36)11-9-25(10-12-31)19-24-3-1-2-4-24/h5-8,14-17,24-25H,1-4,9-13,18-23H2,(H,32,33)(H,34,35). The molecular weight excluding hydrogens is 472 g/mol. The summed E-state index contributed by atoms with van der Waals surface area (Å²) >= 11 is 0. The molecule has 1 saturated heterocycles. The molecule has 3 fully saturated rings. The minimum Gasteiger partial charge on any atom is -0.347 e. The van der Waals surface area contributed by atoms with Gasteiger partial charge in [-0.1, -0.05) is 37.8 Å². The Labute approximate surface area is 226 Å². The summed E-state index contributed by atoms with van der Waals surface area (Å²) in [7, 11) is 0. The van der Waals surface area contributed by atoms with E-state index in [1.54, 1.807) is 29.7 Å². The molecule has 6 rings (SSSR count). The quantitative estimate of drug-likeness (QED) is 0.370. The van der Waals surface area contributed by atoms with Gasteiger partial charge in [0.25, 0.3) is 5.91 Å². The van der Waals surface area contributed by atoms with Crippen molar-refractivity contribution in [1.29, 1.82) is 0 Å². The molecule has 3 aromatic rings. The number of aromatic amines is 2. The Balaban J connectivity index is 1.03. The molecule has 1 aromatic carbocycles. The molecular formula is C31H42N6O. The summed E-state index contributed by atoms with van der Waals surface area (Å²) in [5.74, 6) is 3.53. The van der Waals surface area contributed by atoms with Gasteiger partial charge in [-0.25, -0.2) is 9.97 Å². The lowest BCUT2D eigenvalue weighted by Gasteiger charge is -2.38. The maximum atomic E-state index is 13.4. The van der Waals surface area contributed by atoms with Crippen molar-refractivity contribution in [3.63, 3.8) is 0 Å². The lowest BCUT2D eigenvalue weighted by atomic mass is 9.68. The van der Waals surface area contributed by atoms with Crippen LogP contribution in [0.25, 0.3) is 0 Å². The van der Waals surface area contributed by atoms with Crippen LogP contribution in [0.15, 0.2) is 49.1 Å². The van der Waals surface area contributed by atoms with Gasteiger partial charge in [0.1, 0.15) is 11.6 Å². The Morgan fingerprint density at radius 2 is 1.53 bits per heavy atom. The average Bonchev–Trinajstić information content (AvgIpc) is 3.76. The van der Waals surface area contributed by atoms with E-state index >= 15 is 0 Å². The first-order chi connectivity index (χ1) is 18.6. The van der Waals surface area contributed by atoms with Crippen molar-refractivity contribution in [3.8, 4) is 0 Å². The van der Waals surface area contributed by atoms with Gasteiger partial charge in [0, 0.05) is 43.4 Å². The highest BCUT2D eigenvalue weighted by Crippen LogP contribution is 2.48. The molecule has 3 aliphatic rings. The number of H-pyrrole nitrogens is 2. The van der Waals surface area contributed by atoms with Crippen molar-refractivity contribution in [2.45, 2.75) is 83.8 Å². The fourth-order valence-corrected chi connectivity index (χ4v) is 7.34. The van der Waals surface area contributed by atoms with Gasteiger partial charge in [-0.3, -0.25) is 9.69 Å². The minimum absolute atomic E-state index is 0.0150. The summed E-state index contributed by atoms with van der Waals surface area (Å²) < 4.78 is 0. The van der Waals surface area contributed by atoms with Gasteiger partial charge in [0.2, 0.25) is 0 Å². The number of nitrogens with zero attached hydrogens (tertiary/aromatic N) is 4. The number of carbonyl (C=O) groups is 1. The van der Waals surface area contributed by atoms with E-state index in [9.17, 15) is 4.79 Å². The Morgan fingerprint density at radius 3 is 2.13 bits per heavy atom. The molecule has 0 bridgehead atoms. The highest BCUT2D eigenvalue weighted by molar-refractivity contribution is 5.94. The largest absolute Gasteiger partial charge is 0.347 e. The molecule has 7 nitrogen and oxygen atoms in total. The molecule has 2 saturated carbocycles. The monoisotopic (exact) mass is 514 g/mol. The van der Waals surface area contributed by atoms with Crippen molar-refractivity contribution in [2.75, 3.05) is 13.1 Å². The number of nitrogens with one attached hydrogen (secondary N) is 2. The van der Waals surface area contributed by atoms with Gasteiger partial charge in [0.05, 0.1) is 13.1 Å². The fourth-order valence-electron chi connectivity index (χ4n) is 7.34. The lowest BCUT2D eigenvalue weighted by Crippen LogP contribution is -2.32. The van der Waals surface area contributed by atoms with Crippen LogP contribution in [0.1, 0.15) is 91.8 Å². The number of rotatable bonds is 9. The summed E-state index contributed by atoms with van der Waals surface area (Å²) in [5, 5.41) is 0. The predicted molar refractivity (Wildman–Crippen MR) is 148 cm³/mol. The fraction of sp³-hybridized carbons (Fsp3) is 0.581. The highest BCUT2D eigenvalue weighted by Gasteiger charge is 2.41. The number of benzene rings is 1. The first-order valence-electron chi connectivity index (χ1n) is 14.7. The second kappa shape index (κ2) is 11.4. The Kier molecular flexibility index (Phi) is 7.63. The van der Waals surface area contributed by atoms with E-state index in [4.69, 9.17) is 0 Å². The second-order valence-corrected chi connectivity index (χ2v) is 12.2. The predicted octanol–water partition coefficient (Wildman–Crippen LogP) is 5.94. The Morgan fingerprint density at radius 1 is 0.895 bits per heavy atom. The van der Waals surface area contributed by atoms with E-state index in [2.05, 4.69) is 37.0 Å². The SMILES string of the molecule is O=C(c1ccc(CN2CCC3(CCC(CC4CCCC4)CC3)C2)cc1)N(Cc1ncc[nH]1)Cc1ncc[nH]1. The van der Waals surface area contributed by atoms with Crippen LogP contribution in [0, 0.1) is 17.3 Å². The number of likely N-dealkylation sites (tertiary alicyclic amines) is 1. The molecule has 1 spiro atoms. The summed E-state index contributed by atoms with van der Waals surface area (Å²) in [4.78, 5) is 32.7. The number of imidazole rings is 2. The molecule has 0 radical (unpaired) electrons. The highest BCUT2D eigenvalue weighted by atomic mass is 16.2. The number of hydrogen-bond acceptors (Lipinski definition) is 4. The number of aromatic nitrogens is 4.